The van der Waals surface area contributed by atoms with Gasteiger partial charge in [0, 0.05) is 37.6 Å². The zero-order valence-corrected chi connectivity index (χ0v) is 22.7. The number of carbonyl (C=O) groups is 1. The van der Waals surface area contributed by atoms with Crippen LogP contribution in [0.25, 0.3) is 0 Å². The lowest BCUT2D eigenvalue weighted by Gasteiger charge is -2.31. The summed E-state index contributed by atoms with van der Waals surface area (Å²) in [5.41, 5.74) is 4.50. The second kappa shape index (κ2) is 10.9. The molecule has 39 heavy (non-hydrogen) atoms. The van der Waals surface area contributed by atoms with Crippen molar-refractivity contribution in [3.63, 3.8) is 0 Å². The van der Waals surface area contributed by atoms with E-state index in [1.165, 1.54) is 66.9 Å². The van der Waals surface area contributed by atoms with E-state index in [-0.39, 0.29) is 17.4 Å². The molecule has 1 amide bonds. The van der Waals surface area contributed by atoms with Crippen LogP contribution < -0.4 is 10.6 Å². The number of benzene rings is 2. The Kier molecular flexibility index (Phi) is 7.22. The number of amides is 1. The Morgan fingerprint density at radius 3 is 2.67 bits per heavy atom. The van der Waals surface area contributed by atoms with Crippen molar-refractivity contribution in [2.45, 2.75) is 80.9 Å². The van der Waals surface area contributed by atoms with Gasteiger partial charge in [0.1, 0.15) is 6.04 Å². The highest BCUT2D eigenvalue weighted by Gasteiger charge is 2.36. The number of rotatable bonds is 8. The van der Waals surface area contributed by atoms with Gasteiger partial charge in [0.2, 0.25) is 5.91 Å². The highest BCUT2D eigenvalue weighted by atomic mass is 32.2. The van der Waals surface area contributed by atoms with Crippen LogP contribution in [0.5, 0.6) is 0 Å². The van der Waals surface area contributed by atoms with Gasteiger partial charge in [-0.15, -0.1) is 5.10 Å². The Morgan fingerprint density at radius 2 is 1.85 bits per heavy atom. The molecule has 2 heterocycles. The number of carbonyl (C=O) groups excluding carboxylic acids is 1. The maximum absolute atomic E-state index is 13.3. The molecule has 9 nitrogen and oxygen atoms in total. The molecule has 1 fully saturated rings. The Balaban J connectivity index is 1.19. The molecule has 2 N–H and O–H groups in total. The molecule has 1 unspecified atom stereocenters. The minimum absolute atomic E-state index is 0.0658. The van der Waals surface area contributed by atoms with Gasteiger partial charge in [0.15, 0.2) is 0 Å². The van der Waals surface area contributed by atoms with E-state index in [0.717, 1.165) is 30.1 Å². The predicted octanol–water partition coefficient (Wildman–Crippen LogP) is 3.44. The van der Waals surface area contributed by atoms with Gasteiger partial charge in [-0.25, -0.2) is 13.1 Å². The van der Waals surface area contributed by atoms with Gasteiger partial charge in [-0.2, -0.15) is 0 Å². The zero-order chi connectivity index (χ0) is 26.8. The summed E-state index contributed by atoms with van der Waals surface area (Å²) in [6.07, 6.45) is 13.0. The van der Waals surface area contributed by atoms with Gasteiger partial charge in [0.25, 0.3) is 10.0 Å². The number of aromatic nitrogens is 3. The molecule has 10 heteroatoms. The first kappa shape index (κ1) is 25.8. The first-order chi connectivity index (χ1) is 19.0. The molecule has 0 spiro atoms. The fraction of sp³-hybridized carbons (Fsp3) is 0.414. The number of aryl methyl sites for hydroxylation is 1. The third-order valence-corrected chi connectivity index (χ3v) is 9.89. The van der Waals surface area contributed by atoms with E-state index in [2.05, 4.69) is 39.1 Å². The summed E-state index contributed by atoms with van der Waals surface area (Å²) >= 11 is 0. The average Bonchev–Trinajstić information content (AvgIpc) is 3.65. The number of nitrogens with zero attached hydrogens (tertiary/aromatic N) is 4. The highest BCUT2D eigenvalue weighted by molar-refractivity contribution is 7.89. The van der Waals surface area contributed by atoms with E-state index in [4.69, 9.17) is 0 Å². The van der Waals surface area contributed by atoms with Crippen molar-refractivity contribution in [1.29, 1.82) is 0 Å². The quantitative estimate of drug-likeness (QED) is 0.448. The van der Waals surface area contributed by atoms with Gasteiger partial charge < -0.3 is 10.6 Å². The van der Waals surface area contributed by atoms with Crippen LogP contribution in [0.4, 0.5) is 0 Å². The number of hydrogen-bond donors (Lipinski definition) is 2. The Labute approximate surface area is 229 Å². The van der Waals surface area contributed by atoms with Crippen LogP contribution in [-0.2, 0) is 34.2 Å². The normalized spacial score (nSPS) is 21.6. The summed E-state index contributed by atoms with van der Waals surface area (Å²) in [5, 5.41) is 15.1. The number of nitrogens with one attached hydrogen (secondary N) is 2. The Morgan fingerprint density at radius 1 is 1.03 bits per heavy atom. The van der Waals surface area contributed by atoms with Crippen molar-refractivity contribution < 1.29 is 13.2 Å². The summed E-state index contributed by atoms with van der Waals surface area (Å²) in [5.74, 6) is -0.395. The van der Waals surface area contributed by atoms with Gasteiger partial charge in [-0.3, -0.25) is 9.10 Å². The van der Waals surface area contributed by atoms with Crippen LogP contribution in [0, 0.1) is 0 Å². The smallest absolute Gasteiger partial charge is 0.264 e. The van der Waals surface area contributed by atoms with Crippen LogP contribution in [0.1, 0.15) is 67.0 Å². The van der Waals surface area contributed by atoms with Crippen LogP contribution in [-0.4, -0.2) is 45.7 Å². The van der Waals surface area contributed by atoms with Crippen molar-refractivity contribution in [2.24, 2.45) is 0 Å². The fourth-order valence-electron chi connectivity index (χ4n) is 6.03. The number of fused-ring (bicyclic) bond motifs is 1. The lowest BCUT2D eigenvalue weighted by molar-refractivity contribution is -0.124. The van der Waals surface area contributed by atoms with E-state index in [9.17, 15) is 13.2 Å². The molecule has 2 aliphatic carbocycles. The van der Waals surface area contributed by atoms with Crippen molar-refractivity contribution >= 4 is 15.9 Å². The highest BCUT2D eigenvalue weighted by Crippen LogP contribution is 2.33. The monoisotopic (exact) mass is 546 g/mol. The lowest BCUT2D eigenvalue weighted by atomic mass is 9.86. The Bertz CT molecular complexity index is 1460. The number of sulfonamides is 1. The molecule has 204 valence electrons. The largest absolute Gasteiger partial charge is 0.329 e. The van der Waals surface area contributed by atoms with Crippen LogP contribution in [0.2, 0.25) is 0 Å². The van der Waals surface area contributed by atoms with Gasteiger partial charge >= 0.3 is 0 Å². The third-order valence-electron chi connectivity index (χ3n) is 8.10. The maximum atomic E-state index is 13.3. The van der Waals surface area contributed by atoms with E-state index < -0.39 is 22.0 Å². The van der Waals surface area contributed by atoms with E-state index >= 15 is 0 Å². The molecule has 2 atom stereocenters. The van der Waals surface area contributed by atoms with Gasteiger partial charge in [-0.05, 0) is 60.9 Å². The van der Waals surface area contributed by atoms with Crippen molar-refractivity contribution in [1.82, 2.24) is 29.9 Å². The summed E-state index contributed by atoms with van der Waals surface area (Å²) in [6.45, 7) is 0.899. The van der Waals surface area contributed by atoms with Gasteiger partial charge in [-0.1, -0.05) is 54.5 Å². The van der Waals surface area contributed by atoms with Crippen LogP contribution >= 0.6 is 0 Å². The molecule has 3 aliphatic rings. The molecular weight excluding hydrogens is 512 g/mol. The minimum atomic E-state index is -3.91. The summed E-state index contributed by atoms with van der Waals surface area (Å²) < 4.78 is 29.6. The second-order valence-corrected chi connectivity index (χ2v) is 12.5. The number of hydrogen-bond acceptors (Lipinski definition) is 6. The topological polar surface area (TPSA) is 109 Å². The summed E-state index contributed by atoms with van der Waals surface area (Å²) in [4.78, 5) is 12.9. The molecule has 1 aromatic heterocycles. The molecule has 1 aliphatic heterocycles. The SMILES string of the molecule is O=C1NC=CN(S(=O)(=O)c2ccccc2)[C@@H]1Cc1cn(C2CCCc3cc(CNC4CCCC4)ccc32)nn1. The fourth-order valence-corrected chi connectivity index (χ4v) is 7.50. The standard InChI is InChI=1S/C29H34N6O3S/c36-29-28(35(16-15-30-29)39(37,38)25-10-2-1-3-11-25)18-24-20-34(33-32-24)27-12-6-7-22-17-21(13-14-26(22)27)19-31-23-8-4-5-9-23/h1-3,10-11,13-17,20,23,27-28,31H,4-9,12,18-19H2,(H,30,36)/t27?,28-/m1/s1. The molecule has 1 saturated carbocycles. The molecule has 2 aromatic carbocycles. The zero-order valence-electron chi connectivity index (χ0n) is 21.9. The predicted molar refractivity (Wildman–Crippen MR) is 147 cm³/mol. The Hall–Kier alpha value is -3.50. The molecule has 3 aromatic rings. The van der Waals surface area contributed by atoms with E-state index in [1.807, 2.05) is 10.9 Å². The second-order valence-electron chi connectivity index (χ2n) is 10.7. The van der Waals surface area contributed by atoms with Crippen molar-refractivity contribution in [3.05, 3.63) is 89.5 Å². The van der Waals surface area contributed by atoms with E-state index in [1.54, 1.807) is 18.2 Å². The molecule has 6 rings (SSSR count). The first-order valence-electron chi connectivity index (χ1n) is 13.8. The van der Waals surface area contributed by atoms with E-state index in [0.29, 0.717) is 11.7 Å². The van der Waals surface area contributed by atoms with Gasteiger partial charge in [0.05, 0.1) is 16.6 Å². The van der Waals surface area contributed by atoms with Crippen molar-refractivity contribution in [2.75, 3.05) is 0 Å². The van der Waals surface area contributed by atoms with Crippen LogP contribution in [0.3, 0.4) is 0 Å². The molecule has 0 radical (unpaired) electrons. The summed E-state index contributed by atoms with van der Waals surface area (Å²) in [7, 11) is -3.91. The average molecular weight is 547 g/mol. The molecular formula is C29H34N6O3S. The minimum Gasteiger partial charge on any atom is -0.329 e. The third kappa shape index (κ3) is 5.35. The summed E-state index contributed by atoms with van der Waals surface area (Å²) in [6, 6.07) is 14.6. The molecule has 0 saturated heterocycles. The lowest BCUT2D eigenvalue weighted by Crippen LogP contribution is -2.50. The van der Waals surface area contributed by atoms with Crippen LogP contribution in [0.15, 0.2) is 72.0 Å². The van der Waals surface area contributed by atoms with Crippen molar-refractivity contribution in [3.8, 4) is 0 Å². The maximum Gasteiger partial charge on any atom is 0.264 e. The first-order valence-corrected chi connectivity index (χ1v) is 15.2. The molecule has 0 bridgehead atoms.